The Kier molecular flexibility index (Phi) is 9.30. The average Bonchev–Trinajstić information content (AvgIpc) is 2.82. The highest BCUT2D eigenvalue weighted by Gasteiger charge is 2.27. The van der Waals surface area contributed by atoms with Gasteiger partial charge in [0.25, 0.3) is 0 Å². The van der Waals surface area contributed by atoms with Crippen LogP contribution in [0.3, 0.4) is 0 Å². The molecule has 0 spiro atoms. The molecule has 0 aromatic heterocycles. The summed E-state index contributed by atoms with van der Waals surface area (Å²) in [7, 11) is -3.20. The van der Waals surface area contributed by atoms with Crippen molar-refractivity contribution in [2.24, 2.45) is 0 Å². The average molecular weight is 541 g/mol. The van der Waals surface area contributed by atoms with Gasteiger partial charge >= 0.3 is 0 Å². The number of benzene rings is 2. The minimum absolute atomic E-state index is 0.0415. The number of hydrogen-bond donors (Lipinski definition) is 1. The maximum Gasteiger partial charge on any atom is 0.208 e. The predicted molar refractivity (Wildman–Crippen MR) is 140 cm³/mol. The quantitative estimate of drug-likeness (QED) is 0.452. The van der Waals surface area contributed by atoms with Gasteiger partial charge in [-0.25, -0.2) is 13.1 Å². The van der Waals surface area contributed by atoms with Crippen LogP contribution in [-0.4, -0.2) is 59.5 Å². The van der Waals surface area contributed by atoms with Gasteiger partial charge in [-0.1, -0.05) is 37.6 Å². The smallest absolute Gasteiger partial charge is 0.208 e. The highest BCUT2D eigenvalue weighted by atomic mass is 35.5. The van der Waals surface area contributed by atoms with Gasteiger partial charge in [0.2, 0.25) is 10.0 Å². The second-order valence-electron chi connectivity index (χ2n) is 9.05. The monoisotopic (exact) mass is 539 g/mol. The van der Waals surface area contributed by atoms with Gasteiger partial charge in [0.15, 0.2) is 5.75 Å². The lowest BCUT2D eigenvalue weighted by molar-refractivity contribution is 0.0363. The summed E-state index contributed by atoms with van der Waals surface area (Å²) in [6.45, 7) is 6.86. The van der Waals surface area contributed by atoms with Crippen molar-refractivity contribution in [2.45, 2.75) is 31.8 Å². The number of hydrogen-bond acceptors (Lipinski definition) is 6. The van der Waals surface area contributed by atoms with Gasteiger partial charge in [0.1, 0.15) is 12.7 Å². The van der Waals surface area contributed by atoms with E-state index in [9.17, 15) is 13.7 Å². The number of ether oxygens (including phenoxy) is 2. The Labute approximate surface area is 218 Å². The molecule has 190 valence electrons. The summed E-state index contributed by atoms with van der Waals surface area (Å²) in [5.74, 6) is 0.667. The van der Waals surface area contributed by atoms with Crippen LogP contribution in [0.25, 0.3) is 0 Å². The Hall–Kier alpha value is -2.02. The molecule has 0 amide bonds. The maximum absolute atomic E-state index is 11.3. The molecule has 0 aliphatic carbocycles. The summed E-state index contributed by atoms with van der Waals surface area (Å²) in [5, 5.41) is 10.0. The van der Waals surface area contributed by atoms with Crippen molar-refractivity contribution in [3.05, 3.63) is 58.1 Å². The molecule has 1 N–H and O–H groups in total. The summed E-state index contributed by atoms with van der Waals surface area (Å²) in [6.07, 6.45) is 1.73. The Bertz CT molecular complexity index is 1160. The molecule has 1 unspecified atom stereocenters. The molecular formula is C25H31Cl2N3O4S. The predicted octanol–water partition coefficient (Wildman–Crippen LogP) is 4.30. The summed E-state index contributed by atoms with van der Waals surface area (Å²) < 4.78 is 36.5. The van der Waals surface area contributed by atoms with E-state index in [1.54, 1.807) is 0 Å². The largest absolute Gasteiger partial charge is 0.489 e. The molecule has 1 aliphatic heterocycles. The third-order valence-corrected chi connectivity index (χ3v) is 7.30. The molecule has 2 aromatic rings. The number of nitrogens with zero attached hydrogens (tertiary/aromatic N) is 2. The van der Waals surface area contributed by atoms with E-state index in [-0.39, 0.29) is 12.7 Å². The molecule has 10 heteroatoms. The van der Waals surface area contributed by atoms with Crippen molar-refractivity contribution in [2.75, 3.05) is 49.9 Å². The summed E-state index contributed by atoms with van der Waals surface area (Å²) >= 11 is 12.2. The van der Waals surface area contributed by atoms with E-state index >= 15 is 0 Å². The van der Waals surface area contributed by atoms with E-state index < -0.39 is 15.4 Å². The van der Waals surface area contributed by atoms with Crippen molar-refractivity contribution in [1.29, 1.82) is 5.26 Å². The maximum atomic E-state index is 11.3. The fourth-order valence-electron chi connectivity index (χ4n) is 4.11. The molecule has 1 saturated heterocycles. The lowest BCUT2D eigenvalue weighted by Gasteiger charge is -2.35. The second-order valence-corrected chi connectivity index (χ2v) is 11.7. The minimum atomic E-state index is -3.20. The zero-order valence-corrected chi connectivity index (χ0v) is 22.5. The van der Waals surface area contributed by atoms with Crippen LogP contribution in [-0.2, 0) is 20.2 Å². The van der Waals surface area contributed by atoms with E-state index in [4.69, 9.17) is 32.7 Å². The fourth-order valence-corrected chi connectivity index (χ4v) is 4.95. The molecule has 0 saturated carbocycles. The number of halogens is 2. The van der Waals surface area contributed by atoms with Crippen molar-refractivity contribution >= 4 is 38.9 Å². The highest BCUT2D eigenvalue weighted by Crippen LogP contribution is 2.38. The zero-order chi connectivity index (χ0) is 25.6. The van der Waals surface area contributed by atoms with Gasteiger partial charge in [-0.15, -0.1) is 11.6 Å². The van der Waals surface area contributed by atoms with Gasteiger partial charge in [-0.05, 0) is 41.8 Å². The number of sulfonamides is 1. The number of morpholine rings is 1. The lowest BCUT2D eigenvalue weighted by Crippen LogP contribution is -2.43. The van der Waals surface area contributed by atoms with Crippen LogP contribution in [0.15, 0.2) is 36.4 Å². The van der Waals surface area contributed by atoms with Crippen molar-refractivity contribution < 1.29 is 17.9 Å². The molecule has 0 bridgehead atoms. The van der Waals surface area contributed by atoms with Gasteiger partial charge in [-0.2, -0.15) is 5.26 Å². The normalized spacial score (nSPS) is 16.7. The Morgan fingerprint density at radius 1 is 1.26 bits per heavy atom. The molecule has 1 heterocycles. The van der Waals surface area contributed by atoms with Crippen LogP contribution in [0.4, 0.5) is 5.69 Å². The Morgan fingerprint density at radius 3 is 2.60 bits per heavy atom. The Morgan fingerprint density at radius 2 is 1.97 bits per heavy atom. The van der Waals surface area contributed by atoms with Crippen molar-refractivity contribution in [3.8, 4) is 11.8 Å². The molecule has 0 radical (unpaired) electrons. The number of nitrogens with one attached hydrogen (secondary N) is 1. The number of alkyl halides is 1. The second kappa shape index (κ2) is 11.8. The third-order valence-electron chi connectivity index (χ3n) is 6.13. The van der Waals surface area contributed by atoms with Crippen LogP contribution in [0, 0.1) is 11.3 Å². The standard InChI is InChI=1S/C25H31Cl2N3O4S/c1-25(2,20-14-18(16-28)24(23(27)15-20)34-12-9-26)19-4-6-21(7-5-19)30-11-13-33-22(17-30)8-10-29-35(3,31)32/h4-7,14-15,22,29H,8-13,17H2,1-3H3. The molecule has 1 aliphatic rings. The topological polar surface area (TPSA) is 91.7 Å². The van der Waals surface area contributed by atoms with Gasteiger partial charge in [-0.3, -0.25) is 0 Å². The molecule has 35 heavy (non-hydrogen) atoms. The Balaban J connectivity index is 1.74. The number of rotatable bonds is 10. The van der Waals surface area contributed by atoms with Crippen LogP contribution in [0.2, 0.25) is 5.02 Å². The molecule has 1 fully saturated rings. The van der Waals surface area contributed by atoms with Gasteiger partial charge in [0, 0.05) is 30.7 Å². The summed E-state index contributed by atoms with van der Waals surface area (Å²) in [5.41, 5.74) is 3.05. The highest BCUT2D eigenvalue weighted by molar-refractivity contribution is 7.88. The molecule has 3 rings (SSSR count). The van der Waals surface area contributed by atoms with E-state index in [1.807, 2.05) is 12.1 Å². The van der Waals surface area contributed by atoms with E-state index in [2.05, 4.69) is 53.8 Å². The third kappa shape index (κ3) is 7.25. The molecule has 1 atom stereocenters. The fraction of sp³-hybridized carbons (Fsp3) is 0.480. The first-order valence-corrected chi connectivity index (χ1v) is 14.2. The van der Waals surface area contributed by atoms with Gasteiger partial charge < -0.3 is 14.4 Å². The van der Waals surface area contributed by atoms with Crippen LogP contribution >= 0.6 is 23.2 Å². The van der Waals surface area contributed by atoms with Gasteiger partial charge in [0.05, 0.1) is 35.4 Å². The molecule has 2 aromatic carbocycles. The van der Waals surface area contributed by atoms with E-state index in [1.165, 1.54) is 0 Å². The first-order chi connectivity index (χ1) is 16.5. The number of nitriles is 1. The first kappa shape index (κ1) is 27.6. The van der Waals surface area contributed by atoms with Crippen molar-refractivity contribution in [3.63, 3.8) is 0 Å². The van der Waals surface area contributed by atoms with Crippen LogP contribution in [0.1, 0.15) is 37.0 Å². The lowest BCUT2D eigenvalue weighted by atomic mass is 9.77. The minimum Gasteiger partial charge on any atom is -0.489 e. The van der Waals surface area contributed by atoms with Crippen molar-refractivity contribution in [1.82, 2.24) is 4.72 Å². The molecular weight excluding hydrogens is 509 g/mol. The van der Waals surface area contributed by atoms with E-state index in [0.29, 0.717) is 48.3 Å². The number of anilines is 1. The molecule has 7 nitrogen and oxygen atoms in total. The van der Waals surface area contributed by atoms with Crippen LogP contribution < -0.4 is 14.4 Å². The summed E-state index contributed by atoms with van der Waals surface area (Å²) in [4.78, 5) is 2.25. The summed E-state index contributed by atoms with van der Waals surface area (Å²) in [6, 6.07) is 14.2. The first-order valence-electron chi connectivity index (χ1n) is 11.4. The zero-order valence-electron chi connectivity index (χ0n) is 20.2. The van der Waals surface area contributed by atoms with E-state index in [0.717, 1.165) is 29.6 Å². The van der Waals surface area contributed by atoms with Crippen LogP contribution in [0.5, 0.6) is 5.75 Å². The SMILES string of the molecule is CC(C)(c1ccc(N2CCOC(CCNS(C)(=O)=O)C2)cc1)c1cc(Cl)c(OCCCl)c(C#N)c1.